The maximum absolute atomic E-state index is 13.6. The molecule has 5 rings (SSSR count). The zero-order chi connectivity index (χ0) is 21.2. The molecule has 5 heteroatoms. The number of benzene rings is 1. The second-order valence-electron chi connectivity index (χ2n) is 8.56. The summed E-state index contributed by atoms with van der Waals surface area (Å²) in [5.41, 5.74) is 6.92. The highest BCUT2D eigenvalue weighted by Gasteiger charge is 2.30. The second kappa shape index (κ2) is 8.42. The standard InChI is InChI=1S/C26H26N4O/c1-18-7-10-22-21(16-29-23(22)15-18)11-14-30(17-19-8-9-19)26(31)25-24(27-12-13-28-25)20-5-3-2-4-6-20/h2-7,10,12-13,16,19H,8-9,11,14-15,17H2,1H3. The molecular weight excluding hydrogens is 384 g/mol. The number of carbonyl (C=O) groups is 1. The van der Waals surface area contributed by atoms with Gasteiger partial charge in [-0.1, -0.05) is 48.1 Å². The first kappa shape index (κ1) is 19.6. The van der Waals surface area contributed by atoms with E-state index in [-0.39, 0.29) is 5.91 Å². The molecule has 0 bridgehead atoms. The van der Waals surface area contributed by atoms with Crippen LogP contribution in [0.3, 0.4) is 0 Å². The molecule has 1 saturated carbocycles. The van der Waals surface area contributed by atoms with Crippen LogP contribution in [0.15, 0.2) is 82.8 Å². The summed E-state index contributed by atoms with van der Waals surface area (Å²) >= 11 is 0. The molecule has 2 aromatic rings. The summed E-state index contributed by atoms with van der Waals surface area (Å²) in [6.07, 6.45) is 13.7. The molecule has 31 heavy (non-hydrogen) atoms. The van der Waals surface area contributed by atoms with Crippen molar-refractivity contribution in [1.82, 2.24) is 14.9 Å². The van der Waals surface area contributed by atoms with E-state index < -0.39 is 0 Å². The Morgan fingerprint density at radius 2 is 1.90 bits per heavy atom. The number of aromatic nitrogens is 2. The van der Waals surface area contributed by atoms with Crippen molar-refractivity contribution >= 4 is 11.6 Å². The number of nitrogens with zero attached hydrogens (tertiary/aromatic N) is 4. The molecule has 0 unspecified atom stereocenters. The summed E-state index contributed by atoms with van der Waals surface area (Å²) in [5.74, 6) is 0.566. The van der Waals surface area contributed by atoms with Crippen LogP contribution in [0.1, 0.15) is 43.1 Å². The van der Waals surface area contributed by atoms with Crippen LogP contribution < -0.4 is 0 Å². The summed E-state index contributed by atoms with van der Waals surface area (Å²) in [7, 11) is 0. The molecule has 0 spiro atoms. The normalized spacial score (nSPS) is 17.3. The summed E-state index contributed by atoms with van der Waals surface area (Å²) in [6, 6.07) is 9.82. The fourth-order valence-corrected chi connectivity index (χ4v) is 4.17. The number of rotatable bonds is 7. The predicted octanol–water partition coefficient (Wildman–Crippen LogP) is 5.00. The molecule has 1 aromatic carbocycles. The Bertz CT molecular complexity index is 1120. The fraction of sp³-hybridized carbons (Fsp3) is 0.308. The van der Waals surface area contributed by atoms with Crippen molar-refractivity contribution in [3.63, 3.8) is 0 Å². The summed E-state index contributed by atoms with van der Waals surface area (Å²) in [5, 5.41) is 0. The van der Waals surface area contributed by atoms with Crippen LogP contribution in [-0.2, 0) is 0 Å². The first-order valence-electron chi connectivity index (χ1n) is 11.0. The molecular formula is C26H26N4O. The van der Waals surface area contributed by atoms with Crippen molar-refractivity contribution in [2.75, 3.05) is 13.1 Å². The number of fused-ring (bicyclic) bond motifs is 1. The number of hydrogen-bond acceptors (Lipinski definition) is 4. The van der Waals surface area contributed by atoms with Gasteiger partial charge in [-0.2, -0.15) is 0 Å². The SMILES string of the molecule is CC1=CC=C2C(CCN(CC3CC3)C(=O)c3nccnc3-c3ccccc3)=CN=C2C1. The summed E-state index contributed by atoms with van der Waals surface area (Å²) in [4.78, 5) is 29.1. The Labute approximate surface area is 182 Å². The largest absolute Gasteiger partial charge is 0.337 e. The molecule has 0 N–H and O–H groups in total. The van der Waals surface area contributed by atoms with Crippen molar-refractivity contribution in [1.29, 1.82) is 0 Å². The number of carbonyl (C=O) groups excluding carboxylic acids is 1. The lowest BCUT2D eigenvalue weighted by Crippen LogP contribution is -2.35. The van der Waals surface area contributed by atoms with E-state index in [0.717, 1.165) is 30.7 Å². The van der Waals surface area contributed by atoms with Gasteiger partial charge >= 0.3 is 0 Å². The minimum absolute atomic E-state index is 0.0352. The molecule has 5 nitrogen and oxygen atoms in total. The monoisotopic (exact) mass is 410 g/mol. The van der Waals surface area contributed by atoms with Crippen LogP contribution in [0.2, 0.25) is 0 Å². The molecule has 2 aliphatic carbocycles. The van der Waals surface area contributed by atoms with E-state index >= 15 is 0 Å². The Hall–Kier alpha value is -3.34. The van der Waals surface area contributed by atoms with Crippen LogP contribution in [0.25, 0.3) is 11.3 Å². The molecule has 3 aliphatic rings. The number of amides is 1. The van der Waals surface area contributed by atoms with Gasteiger partial charge in [-0.05, 0) is 37.7 Å². The van der Waals surface area contributed by atoms with Gasteiger partial charge in [-0.3, -0.25) is 14.8 Å². The lowest BCUT2D eigenvalue weighted by atomic mass is 9.92. The van der Waals surface area contributed by atoms with Crippen molar-refractivity contribution in [2.24, 2.45) is 10.9 Å². The third-order valence-corrected chi connectivity index (χ3v) is 6.08. The molecule has 1 aromatic heterocycles. The number of allylic oxidation sites excluding steroid dienone is 4. The highest BCUT2D eigenvalue weighted by molar-refractivity contribution is 6.08. The lowest BCUT2D eigenvalue weighted by molar-refractivity contribution is 0.0744. The minimum atomic E-state index is -0.0352. The van der Waals surface area contributed by atoms with Crippen molar-refractivity contribution in [3.05, 3.63) is 83.5 Å². The Kier molecular flexibility index (Phi) is 5.33. The van der Waals surface area contributed by atoms with Gasteiger partial charge in [0, 0.05) is 49.2 Å². The van der Waals surface area contributed by atoms with Crippen molar-refractivity contribution < 1.29 is 4.79 Å². The van der Waals surface area contributed by atoms with Gasteiger partial charge in [-0.15, -0.1) is 0 Å². The molecule has 0 atom stereocenters. The summed E-state index contributed by atoms with van der Waals surface area (Å²) < 4.78 is 0. The van der Waals surface area contributed by atoms with Crippen LogP contribution >= 0.6 is 0 Å². The summed E-state index contributed by atoms with van der Waals surface area (Å²) in [6.45, 7) is 3.58. The van der Waals surface area contributed by atoms with Gasteiger partial charge in [0.25, 0.3) is 5.91 Å². The molecule has 2 heterocycles. The van der Waals surface area contributed by atoms with Gasteiger partial charge < -0.3 is 4.90 Å². The number of aliphatic imine (C=N–C) groups is 1. The van der Waals surface area contributed by atoms with Gasteiger partial charge in [-0.25, -0.2) is 4.98 Å². The molecule has 1 aliphatic heterocycles. The van der Waals surface area contributed by atoms with E-state index in [9.17, 15) is 4.79 Å². The molecule has 0 saturated heterocycles. The van der Waals surface area contributed by atoms with Crippen molar-refractivity contribution in [3.8, 4) is 11.3 Å². The zero-order valence-corrected chi connectivity index (χ0v) is 17.8. The average molecular weight is 411 g/mol. The van der Waals surface area contributed by atoms with Gasteiger partial charge in [0.05, 0.1) is 5.71 Å². The third kappa shape index (κ3) is 4.26. The first-order valence-corrected chi connectivity index (χ1v) is 11.0. The first-order chi connectivity index (χ1) is 15.2. The van der Waals surface area contributed by atoms with Crippen LogP contribution in [0.4, 0.5) is 0 Å². The van der Waals surface area contributed by atoms with Crippen LogP contribution in [-0.4, -0.2) is 39.6 Å². The van der Waals surface area contributed by atoms with Crippen LogP contribution in [0.5, 0.6) is 0 Å². The quantitative estimate of drug-likeness (QED) is 0.645. The minimum Gasteiger partial charge on any atom is -0.337 e. The van der Waals surface area contributed by atoms with Gasteiger partial charge in [0.15, 0.2) is 5.69 Å². The highest BCUT2D eigenvalue weighted by atomic mass is 16.2. The van der Waals surface area contributed by atoms with E-state index in [0.29, 0.717) is 23.9 Å². The predicted molar refractivity (Wildman–Crippen MR) is 123 cm³/mol. The molecule has 0 radical (unpaired) electrons. The maximum atomic E-state index is 13.6. The van der Waals surface area contributed by atoms with Gasteiger partial charge in [0.1, 0.15) is 5.69 Å². The topological polar surface area (TPSA) is 58.5 Å². The maximum Gasteiger partial charge on any atom is 0.274 e. The number of hydrogen-bond donors (Lipinski definition) is 0. The van der Waals surface area contributed by atoms with Crippen LogP contribution in [0, 0.1) is 5.92 Å². The molecule has 1 fully saturated rings. The Balaban J connectivity index is 1.36. The van der Waals surface area contributed by atoms with E-state index in [1.165, 1.54) is 29.6 Å². The Morgan fingerprint density at radius 1 is 1.10 bits per heavy atom. The smallest absolute Gasteiger partial charge is 0.274 e. The van der Waals surface area contributed by atoms with Gasteiger partial charge in [0.2, 0.25) is 0 Å². The molecule has 156 valence electrons. The fourth-order valence-electron chi connectivity index (χ4n) is 4.17. The van der Waals surface area contributed by atoms with E-state index in [4.69, 9.17) is 0 Å². The average Bonchev–Trinajstić information content (AvgIpc) is 3.55. The lowest BCUT2D eigenvalue weighted by Gasteiger charge is -2.24. The van der Waals surface area contributed by atoms with E-state index in [2.05, 4.69) is 34.0 Å². The molecule has 1 amide bonds. The Morgan fingerprint density at radius 3 is 2.71 bits per heavy atom. The third-order valence-electron chi connectivity index (χ3n) is 6.08. The highest BCUT2D eigenvalue weighted by Crippen LogP contribution is 2.32. The van der Waals surface area contributed by atoms with E-state index in [1.54, 1.807) is 12.4 Å². The van der Waals surface area contributed by atoms with Crippen molar-refractivity contribution in [2.45, 2.75) is 32.6 Å². The second-order valence-corrected chi connectivity index (χ2v) is 8.56. The zero-order valence-electron chi connectivity index (χ0n) is 17.8. The van der Waals surface area contributed by atoms with E-state index in [1.807, 2.05) is 41.4 Å².